The minimum atomic E-state index is -0.872. The Bertz CT molecular complexity index is 170. The van der Waals surface area contributed by atoms with Gasteiger partial charge in [0.1, 0.15) is 0 Å². The van der Waals surface area contributed by atoms with E-state index in [1.54, 1.807) is 0 Å². The maximum Gasteiger partial charge on any atom is 0.303 e. The van der Waals surface area contributed by atoms with Gasteiger partial charge in [0.05, 0.1) is 6.10 Å². The normalized spacial score (nSPS) is 10.4. The molecule has 0 heterocycles. The lowest BCUT2D eigenvalue weighted by Gasteiger charge is -2.07. The van der Waals surface area contributed by atoms with E-state index < -0.39 is 18.0 Å². The number of carbonyl (C=O) groups is 2. The Hall–Kier alpha value is -1.10. The van der Waals surface area contributed by atoms with Crippen molar-refractivity contribution in [2.24, 2.45) is 0 Å². The van der Waals surface area contributed by atoms with Gasteiger partial charge in [-0.05, 0) is 25.7 Å². The zero-order valence-electron chi connectivity index (χ0n) is 7.98. The third-order valence-corrected chi connectivity index (χ3v) is 1.86. The van der Waals surface area contributed by atoms with Gasteiger partial charge in [0, 0.05) is 12.8 Å². The average molecular weight is 204 g/mol. The summed E-state index contributed by atoms with van der Waals surface area (Å²) >= 11 is 0. The van der Waals surface area contributed by atoms with Gasteiger partial charge in [-0.25, -0.2) is 0 Å². The van der Waals surface area contributed by atoms with E-state index in [0.717, 1.165) is 0 Å². The van der Waals surface area contributed by atoms with Crippen LogP contribution in [0.1, 0.15) is 38.5 Å². The number of carboxylic acids is 2. The highest BCUT2D eigenvalue weighted by Gasteiger charge is 2.06. The van der Waals surface area contributed by atoms with Crippen LogP contribution in [-0.4, -0.2) is 33.4 Å². The summed E-state index contributed by atoms with van der Waals surface area (Å²) in [6, 6.07) is 0. The van der Waals surface area contributed by atoms with Crippen LogP contribution in [0.25, 0.3) is 0 Å². The highest BCUT2D eigenvalue weighted by atomic mass is 16.4. The van der Waals surface area contributed by atoms with E-state index in [0.29, 0.717) is 25.7 Å². The molecule has 0 saturated carbocycles. The van der Waals surface area contributed by atoms with E-state index in [4.69, 9.17) is 10.2 Å². The van der Waals surface area contributed by atoms with Crippen molar-refractivity contribution in [3.05, 3.63) is 0 Å². The van der Waals surface area contributed by atoms with Crippen LogP contribution in [0, 0.1) is 0 Å². The Morgan fingerprint density at radius 3 is 1.57 bits per heavy atom. The molecule has 0 aromatic rings. The highest BCUT2D eigenvalue weighted by Crippen LogP contribution is 2.08. The summed E-state index contributed by atoms with van der Waals surface area (Å²) in [7, 11) is 0. The molecule has 3 N–H and O–H groups in total. The minimum Gasteiger partial charge on any atom is -0.481 e. The lowest BCUT2D eigenvalue weighted by atomic mass is 10.1. The SMILES string of the molecule is O=C(O)CCCC(O)CCCC(=O)O. The molecule has 0 bridgehead atoms. The molecule has 5 heteroatoms. The van der Waals surface area contributed by atoms with Gasteiger partial charge >= 0.3 is 11.9 Å². The van der Waals surface area contributed by atoms with Gasteiger partial charge in [0.25, 0.3) is 0 Å². The van der Waals surface area contributed by atoms with Gasteiger partial charge in [0.2, 0.25) is 0 Å². The number of aliphatic hydroxyl groups excluding tert-OH is 1. The van der Waals surface area contributed by atoms with E-state index in [9.17, 15) is 14.7 Å². The molecule has 0 aromatic heterocycles. The summed E-state index contributed by atoms with van der Waals surface area (Å²) in [4.78, 5) is 20.2. The van der Waals surface area contributed by atoms with Crippen LogP contribution in [0.4, 0.5) is 0 Å². The van der Waals surface area contributed by atoms with Gasteiger partial charge in [0.15, 0.2) is 0 Å². The van der Waals surface area contributed by atoms with Crippen molar-refractivity contribution in [3.63, 3.8) is 0 Å². The number of hydrogen-bond donors (Lipinski definition) is 3. The van der Waals surface area contributed by atoms with E-state index in [1.807, 2.05) is 0 Å². The van der Waals surface area contributed by atoms with Crippen LogP contribution in [0.3, 0.4) is 0 Å². The molecule has 0 aliphatic carbocycles. The van der Waals surface area contributed by atoms with Crippen molar-refractivity contribution in [1.82, 2.24) is 0 Å². The molecule has 82 valence electrons. The molecule has 0 amide bonds. The highest BCUT2D eigenvalue weighted by molar-refractivity contribution is 5.66. The lowest BCUT2D eigenvalue weighted by molar-refractivity contribution is -0.138. The molecule has 0 rings (SSSR count). The molecule has 0 aromatic carbocycles. The second-order valence-corrected chi connectivity index (χ2v) is 3.23. The monoisotopic (exact) mass is 204 g/mol. The molecule has 0 fully saturated rings. The fourth-order valence-electron chi connectivity index (χ4n) is 1.12. The van der Waals surface area contributed by atoms with Crippen LogP contribution in [0.2, 0.25) is 0 Å². The zero-order valence-corrected chi connectivity index (χ0v) is 7.98. The van der Waals surface area contributed by atoms with Crippen molar-refractivity contribution >= 4 is 11.9 Å². The van der Waals surface area contributed by atoms with Gasteiger partial charge in [-0.15, -0.1) is 0 Å². The first-order chi connectivity index (χ1) is 6.52. The van der Waals surface area contributed by atoms with Crippen LogP contribution in [0.15, 0.2) is 0 Å². The Balaban J connectivity index is 3.32. The molecule has 0 unspecified atom stereocenters. The zero-order chi connectivity index (χ0) is 11.0. The summed E-state index contributed by atoms with van der Waals surface area (Å²) in [5, 5.41) is 25.9. The number of rotatable bonds is 8. The summed E-state index contributed by atoms with van der Waals surface area (Å²) in [5.74, 6) is -1.74. The lowest BCUT2D eigenvalue weighted by Crippen LogP contribution is -2.08. The predicted molar refractivity (Wildman–Crippen MR) is 49.0 cm³/mol. The van der Waals surface area contributed by atoms with E-state index in [1.165, 1.54) is 0 Å². The maximum atomic E-state index is 10.1. The molecule has 0 aliphatic rings. The topological polar surface area (TPSA) is 94.8 Å². The minimum absolute atomic E-state index is 0.0516. The standard InChI is InChI=1S/C9H16O5/c10-7(3-1-5-8(11)12)4-2-6-9(13)14/h7,10H,1-6H2,(H,11,12)(H,13,14). The van der Waals surface area contributed by atoms with E-state index in [-0.39, 0.29) is 12.8 Å². The first-order valence-corrected chi connectivity index (χ1v) is 4.64. The number of aliphatic hydroxyl groups is 1. The third kappa shape index (κ3) is 8.99. The summed E-state index contributed by atoms with van der Waals surface area (Å²) in [6.07, 6.45) is 1.24. The Labute approximate surface area is 82.4 Å². The maximum absolute atomic E-state index is 10.1. The largest absolute Gasteiger partial charge is 0.481 e. The van der Waals surface area contributed by atoms with Crippen molar-refractivity contribution in [2.45, 2.75) is 44.6 Å². The third-order valence-electron chi connectivity index (χ3n) is 1.86. The second-order valence-electron chi connectivity index (χ2n) is 3.23. The predicted octanol–water partition coefficient (Wildman–Crippen LogP) is 0.857. The number of aliphatic carboxylic acids is 2. The summed E-state index contributed by atoms with van der Waals surface area (Å²) < 4.78 is 0. The van der Waals surface area contributed by atoms with Crippen molar-refractivity contribution in [1.29, 1.82) is 0 Å². The first kappa shape index (κ1) is 12.9. The van der Waals surface area contributed by atoms with Gasteiger partial charge in [-0.1, -0.05) is 0 Å². The number of carboxylic acid groups (broad SMARTS) is 2. The second kappa shape index (κ2) is 7.32. The first-order valence-electron chi connectivity index (χ1n) is 4.64. The Morgan fingerprint density at radius 1 is 0.929 bits per heavy atom. The number of hydrogen-bond acceptors (Lipinski definition) is 3. The summed E-state index contributed by atoms with van der Waals surface area (Å²) in [6.45, 7) is 0. The van der Waals surface area contributed by atoms with Crippen LogP contribution in [0.5, 0.6) is 0 Å². The molecule has 0 atom stereocenters. The quantitative estimate of drug-likeness (QED) is 0.545. The Morgan fingerprint density at radius 2 is 1.29 bits per heavy atom. The average Bonchev–Trinajstić information content (AvgIpc) is 2.02. The summed E-state index contributed by atoms with van der Waals surface area (Å²) in [5.41, 5.74) is 0. The van der Waals surface area contributed by atoms with E-state index >= 15 is 0 Å². The molecular formula is C9H16O5. The molecular weight excluding hydrogens is 188 g/mol. The van der Waals surface area contributed by atoms with Gasteiger partial charge < -0.3 is 15.3 Å². The van der Waals surface area contributed by atoms with Gasteiger partial charge in [-0.2, -0.15) is 0 Å². The molecule has 0 spiro atoms. The molecule has 5 nitrogen and oxygen atoms in total. The van der Waals surface area contributed by atoms with Crippen molar-refractivity contribution in [3.8, 4) is 0 Å². The smallest absolute Gasteiger partial charge is 0.303 e. The van der Waals surface area contributed by atoms with Crippen molar-refractivity contribution in [2.75, 3.05) is 0 Å². The Kier molecular flexibility index (Phi) is 6.74. The molecule has 0 saturated heterocycles. The van der Waals surface area contributed by atoms with Crippen molar-refractivity contribution < 1.29 is 24.9 Å². The fraction of sp³-hybridized carbons (Fsp3) is 0.778. The van der Waals surface area contributed by atoms with E-state index in [2.05, 4.69) is 0 Å². The van der Waals surface area contributed by atoms with Crippen LogP contribution in [-0.2, 0) is 9.59 Å². The fourth-order valence-corrected chi connectivity index (χ4v) is 1.12. The molecule has 14 heavy (non-hydrogen) atoms. The van der Waals surface area contributed by atoms with Crippen LogP contribution >= 0.6 is 0 Å². The molecule has 0 radical (unpaired) electrons. The molecule has 0 aliphatic heterocycles. The van der Waals surface area contributed by atoms with Crippen LogP contribution < -0.4 is 0 Å². The van der Waals surface area contributed by atoms with Gasteiger partial charge in [-0.3, -0.25) is 9.59 Å².